The molecule has 0 radical (unpaired) electrons. The Morgan fingerprint density at radius 3 is 2.94 bits per heavy atom. The molecule has 7 nitrogen and oxygen atoms in total. The Morgan fingerprint density at radius 1 is 1.41 bits per heavy atom. The zero-order chi connectivity index (χ0) is 12.1. The van der Waals surface area contributed by atoms with Gasteiger partial charge in [0.1, 0.15) is 0 Å². The molecule has 1 amide bonds. The van der Waals surface area contributed by atoms with Gasteiger partial charge in [0.15, 0.2) is 5.82 Å². The van der Waals surface area contributed by atoms with Crippen LogP contribution in [0.15, 0.2) is 31.1 Å². The Bertz CT molecular complexity index is 469. The van der Waals surface area contributed by atoms with E-state index in [0.29, 0.717) is 12.2 Å². The van der Waals surface area contributed by atoms with Crippen LogP contribution in [0.4, 0.5) is 5.82 Å². The summed E-state index contributed by atoms with van der Waals surface area (Å²) >= 11 is 0. The molecule has 0 spiro atoms. The molecular formula is C10H12N6O. The number of nitrogens with one attached hydrogen (secondary N) is 2. The number of anilines is 1. The molecule has 0 saturated carbocycles. The van der Waals surface area contributed by atoms with Crippen molar-refractivity contribution in [2.24, 2.45) is 5.73 Å². The van der Waals surface area contributed by atoms with E-state index in [-0.39, 0.29) is 5.91 Å². The van der Waals surface area contributed by atoms with Gasteiger partial charge >= 0.3 is 0 Å². The number of aromatic nitrogens is 4. The normalized spacial score (nSPS) is 12.1. The van der Waals surface area contributed by atoms with E-state index < -0.39 is 6.04 Å². The molecule has 0 fully saturated rings. The number of hydrogen-bond donors (Lipinski definition) is 3. The van der Waals surface area contributed by atoms with E-state index in [1.165, 1.54) is 18.6 Å². The van der Waals surface area contributed by atoms with Crippen molar-refractivity contribution in [2.45, 2.75) is 12.5 Å². The molecule has 7 heteroatoms. The molecule has 4 N–H and O–H groups in total. The van der Waals surface area contributed by atoms with E-state index in [9.17, 15) is 4.79 Å². The van der Waals surface area contributed by atoms with Gasteiger partial charge in [0, 0.05) is 30.7 Å². The summed E-state index contributed by atoms with van der Waals surface area (Å²) in [5.41, 5.74) is 6.56. The first-order valence-electron chi connectivity index (χ1n) is 5.05. The van der Waals surface area contributed by atoms with E-state index in [1.54, 1.807) is 12.5 Å². The lowest BCUT2D eigenvalue weighted by atomic mass is 10.1. The van der Waals surface area contributed by atoms with Crippen molar-refractivity contribution in [3.63, 3.8) is 0 Å². The Kier molecular flexibility index (Phi) is 3.41. The van der Waals surface area contributed by atoms with Crippen LogP contribution < -0.4 is 11.1 Å². The number of hydrogen-bond acceptors (Lipinski definition) is 5. The highest BCUT2D eigenvalue weighted by atomic mass is 16.2. The smallest absolute Gasteiger partial charge is 0.242 e. The minimum Gasteiger partial charge on any atom is -0.348 e. The first-order chi connectivity index (χ1) is 8.25. The van der Waals surface area contributed by atoms with Crippen LogP contribution in [0.1, 0.15) is 5.69 Å². The van der Waals surface area contributed by atoms with Gasteiger partial charge in [-0.1, -0.05) is 0 Å². The second-order valence-electron chi connectivity index (χ2n) is 3.47. The molecule has 0 aliphatic carbocycles. The number of nitrogens with zero attached hydrogens (tertiary/aromatic N) is 3. The number of carbonyl (C=O) groups excluding carboxylic acids is 1. The summed E-state index contributed by atoms with van der Waals surface area (Å²) < 4.78 is 0. The molecule has 2 aromatic rings. The number of nitrogens with two attached hydrogens (primary N) is 1. The summed E-state index contributed by atoms with van der Waals surface area (Å²) in [5.74, 6) is 0.0812. The molecule has 0 unspecified atom stereocenters. The van der Waals surface area contributed by atoms with E-state index in [4.69, 9.17) is 5.73 Å². The molecule has 2 rings (SSSR count). The molecule has 0 bridgehead atoms. The quantitative estimate of drug-likeness (QED) is 0.671. The van der Waals surface area contributed by atoms with Crippen LogP contribution in [0.2, 0.25) is 0 Å². The molecule has 2 aromatic heterocycles. The van der Waals surface area contributed by atoms with Gasteiger partial charge < -0.3 is 16.0 Å². The average Bonchev–Trinajstić information content (AvgIpc) is 2.83. The number of H-pyrrole nitrogens is 1. The lowest BCUT2D eigenvalue weighted by Gasteiger charge is -2.10. The standard InChI is InChI=1S/C10H12N6O/c11-8(3-7-4-13-6-15-7)10(17)16-9-5-12-1-2-14-9/h1-2,4-6,8H,3,11H2,(H,13,15)(H,14,16,17)/t8-/m0/s1. The monoisotopic (exact) mass is 232 g/mol. The summed E-state index contributed by atoms with van der Waals surface area (Å²) in [7, 11) is 0. The van der Waals surface area contributed by atoms with E-state index in [2.05, 4.69) is 25.3 Å². The molecule has 17 heavy (non-hydrogen) atoms. The molecule has 1 atom stereocenters. The van der Waals surface area contributed by atoms with Gasteiger partial charge in [-0.15, -0.1) is 0 Å². The zero-order valence-electron chi connectivity index (χ0n) is 9.00. The van der Waals surface area contributed by atoms with Crippen LogP contribution >= 0.6 is 0 Å². The fourth-order valence-electron chi connectivity index (χ4n) is 1.31. The second-order valence-corrected chi connectivity index (χ2v) is 3.47. The molecule has 0 aromatic carbocycles. The topological polar surface area (TPSA) is 110 Å². The van der Waals surface area contributed by atoms with Gasteiger partial charge in [-0.05, 0) is 0 Å². The first kappa shape index (κ1) is 11.2. The Hall–Kier alpha value is -2.28. The first-order valence-corrected chi connectivity index (χ1v) is 5.05. The lowest BCUT2D eigenvalue weighted by Crippen LogP contribution is -2.37. The Morgan fingerprint density at radius 2 is 2.29 bits per heavy atom. The van der Waals surface area contributed by atoms with Crippen LogP contribution in [-0.2, 0) is 11.2 Å². The number of imidazole rings is 1. The summed E-state index contributed by atoms with van der Waals surface area (Å²) in [4.78, 5) is 26.2. The van der Waals surface area contributed by atoms with E-state index in [0.717, 1.165) is 5.69 Å². The molecule has 2 heterocycles. The highest BCUT2D eigenvalue weighted by Gasteiger charge is 2.15. The maximum Gasteiger partial charge on any atom is 0.242 e. The SMILES string of the molecule is N[C@@H](Cc1cnc[nH]1)C(=O)Nc1cnccn1. The van der Waals surface area contributed by atoms with Crippen molar-refractivity contribution in [3.8, 4) is 0 Å². The molecule has 88 valence electrons. The van der Waals surface area contributed by atoms with Gasteiger partial charge in [0.25, 0.3) is 0 Å². The third-order valence-corrected chi connectivity index (χ3v) is 2.15. The van der Waals surface area contributed by atoms with Crippen molar-refractivity contribution < 1.29 is 4.79 Å². The Balaban J connectivity index is 1.92. The van der Waals surface area contributed by atoms with Gasteiger partial charge in [0.05, 0.1) is 18.6 Å². The summed E-state index contributed by atoms with van der Waals surface area (Å²) in [6, 6.07) is -0.655. The maximum atomic E-state index is 11.7. The summed E-state index contributed by atoms with van der Waals surface area (Å²) in [6.45, 7) is 0. The average molecular weight is 232 g/mol. The highest BCUT2D eigenvalue weighted by molar-refractivity contribution is 5.93. The van der Waals surface area contributed by atoms with Crippen LogP contribution in [0.3, 0.4) is 0 Å². The second kappa shape index (κ2) is 5.17. The van der Waals surface area contributed by atoms with Gasteiger partial charge in [-0.2, -0.15) is 0 Å². The lowest BCUT2D eigenvalue weighted by molar-refractivity contribution is -0.117. The number of carbonyl (C=O) groups is 1. The highest BCUT2D eigenvalue weighted by Crippen LogP contribution is 2.01. The van der Waals surface area contributed by atoms with Crippen LogP contribution in [0.5, 0.6) is 0 Å². The molecule has 0 aliphatic rings. The maximum absolute atomic E-state index is 11.7. The number of rotatable bonds is 4. The fourth-order valence-corrected chi connectivity index (χ4v) is 1.31. The molecule has 0 aliphatic heterocycles. The third-order valence-electron chi connectivity index (χ3n) is 2.15. The molecule has 0 saturated heterocycles. The van der Waals surface area contributed by atoms with Crippen LogP contribution in [0, 0.1) is 0 Å². The van der Waals surface area contributed by atoms with E-state index >= 15 is 0 Å². The predicted molar refractivity (Wildman–Crippen MR) is 60.9 cm³/mol. The minimum absolute atomic E-state index is 0.305. The van der Waals surface area contributed by atoms with Crippen molar-refractivity contribution in [3.05, 3.63) is 36.8 Å². The molecular weight excluding hydrogens is 220 g/mol. The number of amides is 1. The van der Waals surface area contributed by atoms with E-state index in [1.807, 2.05) is 0 Å². The van der Waals surface area contributed by atoms with Crippen LogP contribution in [0.25, 0.3) is 0 Å². The van der Waals surface area contributed by atoms with Crippen molar-refractivity contribution in [1.29, 1.82) is 0 Å². The largest absolute Gasteiger partial charge is 0.348 e. The Labute approximate surface area is 97.5 Å². The van der Waals surface area contributed by atoms with Gasteiger partial charge in [-0.25, -0.2) is 9.97 Å². The summed E-state index contributed by atoms with van der Waals surface area (Å²) in [5, 5.41) is 2.58. The zero-order valence-corrected chi connectivity index (χ0v) is 9.00. The minimum atomic E-state index is -0.655. The fraction of sp³-hybridized carbons (Fsp3) is 0.200. The summed E-state index contributed by atoms with van der Waals surface area (Å²) in [6.07, 6.45) is 8.06. The van der Waals surface area contributed by atoms with Crippen LogP contribution in [-0.4, -0.2) is 31.9 Å². The van der Waals surface area contributed by atoms with Crippen molar-refractivity contribution in [1.82, 2.24) is 19.9 Å². The van der Waals surface area contributed by atoms with Gasteiger partial charge in [-0.3, -0.25) is 9.78 Å². The third kappa shape index (κ3) is 3.08. The van der Waals surface area contributed by atoms with Gasteiger partial charge in [0.2, 0.25) is 5.91 Å². The predicted octanol–water partition coefficient (Wildman–Crippen LogP) is -0.292. The van der Waals surface area contributed by atoms with Crippen molar-refractivity contribution >= 4 is 11.7 Å². The van der Waals surface area contributed by atoms with Crippen molar-refractivity contribution in [2.75, 3.05) is 5.32 Å². The number of aromatic amines is 1.